The zero-order valence-corrected chi connectivity index (χ0v) is 42.2. The second kappa shape index (κ2) is 18.4. The molecule has 0 saturated heterocycles. The number of halogens is 1. The van der Waals surface area contributed by atoms with E-state index in [0.29, 0.717) is 0 Å². The average Bonchev–Trinajstić information content (AvgIpc) is 3.97. The van der Waals surface area contributed by atoms with Crippen LogP contribution in [-0.4, -0.2) is 29.5 Å². The van der Waals surface area contributed by atoms with Crippen molar-refractivity contribution in [2.75, 3.05) is 12.0 Å². The van der Waals surface area contributed by atoms with Crippen LogP contribution in [0.25, 0.3) is 66.1 Å². The maximum atomic E-state index is 14.6. The minimum absolute atomic E-state index is 0.267. The molecule has 0 fully saturated rings. The number of anilines is 3. The molecule has 0 saturated carbocycles. The van der Waals surface area contributed by atoms with Crippen molar-refractivity contribution in [1.82, 2.24) is 9.13 Å². The maximum Gasteiger partial charge on any atom is -0.0179 e. The largest absolute Gasteiger partial charge is 0.0344 e. The van der Waals surface area contributed by atoms with E-state index in [1.54, 1.807) is 19.2 Å². The Kier molecular flexibility index (Phi) is 11.1. The van der Waals surface area contributed by atoms with Crippen LogP contribution >= 0.6 is 0 Å². The number of ether oxygens (including phenoxy) is 1. The molecular formula is C67H48FGeN3O. The summed E-state index contributed by atoms with van der Waals surface area (Å²) in [4.78, 5) is 2.33. The SMILES string of the molecule is COc1ccc(N(c2ccc3c(c2)c2ccccc2n3-c2ccccc2)c2ccc3c(c2)c2cc(-c4cc[c]([Ge]([c]5ccccc5)([c]5ccccc5)[c]5ccccc5)cc4)ccc2n3-c2ccc(F)cc2)cc1. The summed E-state index contributed by atoms with van der Waals surface area (Å²) >= 11 is -3.46. The second-order valence-electron chi connectivity index (χ2n) is 18.6. The van der Waals surface area contributed by atoms with Crippen LogP contribution in [0.2, 0.25) is 0 Å². The van der Waals surface area contributed by atoms with Gasteiger partial charge in [-0.1, -0.05) is 36.4 Å². The molecule has 0 bridgehead atoms. The van der Waals surface area contributed by atoms with Crippen LogP contribution in [0.3, 0.4) is 0 Å². The minimum Gasteiger partial charge on any atom is -0.0344 e. The van der Waals surface area contributed by atoms with Crippen molar-refractivity contribution in [2.45, 2.75) is 0 Å². The van der Waals surface area contributed by atoms with Gasteiger partial charge in [-0.3, -0.25) is 0 Å². The van der Waals surface area contributed by atoms with Gasteiger partial charge in [0.1, 0.15) is 11.6 Å². The normalized spacial score (nSPS) is 11.7. The molecule has 2 aromatic heterocycles. The molecule has 0 aliphatic rings. The number of para-hydroxylation sites is 2. The average molecular weight is 1000 g/mol. The Labute approximate surface area is 426 Å². The minimum atomic E-state index is -3.46. The summed E-state index contributed by atoms with van der Waals surface area (Å²) in [5.74, 6) is 0.522. The van der Waals surface area contributed by atoms with Gasteiger partial charge >= 0.3 is 272 Å². The molecule has 11 aromatic carbocycles. The number of rotatable bonds is 11. The van der Waals surface area contributed by atoms with E-state index in [-0.39, 0.29) is 5.82 Å². The van der Waals surface area contributed by atoms with E-state index < -0.39 is 13.3 Å². The summed E-state index contributed by atoms with van der Waals surface area (Å²) in [5.41, 5.74) is 11.7. The predicted octanol–water partition coefficient (Wildman–Crippen LogP) is 14.5. The van der Waals surface area contributed by atoms with Gasteiger partial charge in [0, 0.05) is 16.5 Å². The number of benzene rings is 11. The van der Waals surface area contributed by atoms with Crippen molar-refractivity contribution in [2.24, 2.45) is 0 Å². The topological polar surface area (TPSA) is 22.3 Å². The van der Waals surface area contributed by atoms with Crippen molar-refractivity contribution in [3.05, 3.63) is 279 Å². The van der Waals surface area contributed by atoms with Crippen LogP contribution in [0, 0.1) is 5.82 Å². The fraction of sp³-hybridized carbons (Fsp3) is 0.0149. The van der Waals surface area contributed by atoms with Crippen molar-refractivity contribution in [3.63, 3.8) is 0 Å². The summed E-state index contributed by atoms with van der Waals surface area (Å²) < 4.78 is 30.3. The molecule has 0 spiro atoms. The zero-order chi connectivity index (χ0) is 48.9. The monoisotopic (exact) mass is 1000 g/mol. The molecule has 0 amide bonds. The smallest absolute Gasteiger partial charge is 0.0179 e. The van der Waals surface area contributed by atoms with Crippen molar-refractivity contribution < 1.29 is 9.13 Å². The van der Waals surface area contributed by atoms with Gasteiger partial charge in [0.05, 0.1) is 18.1 Å². The van der Waals surface area contributed by atoms with E-state index in [0.717, 1.165) is 83.5 Å². The van der Waals surface area contributed by atoms with Gasteiger partial charge in [0.2, 0.25) is 0 Å². The number of nitrogens with zero attached hydrogens (tertiary/aromatic N) is 3. The van der Waals surface area contributed by atoms with Crippen molar-refractivity contribution in [1.29, 1.82) is 0 Å². The first-order valence-electron chi connectivity index (χ1n) is 24.7. The Balaban J connectivity index is 0.991. The molecule has 4 nitrogen and oxygen atoms in total. The Hall–Kier alpha value is -8.91. The Bertz CT molecular complexity index is 4000. The molecule has 73 heavy (non-hydrogen) atoms. The molecule has 2 heterocycles. The Morgan fingerprint density at radius 1 is 0.342 bits per heavy atom. The van der Waals surface area contributed by atoms with Gasteiger partial charge in [-0.2, -0.15) is 0 Å². The van der Waals surface area contributed by atoms with Crippen molar-refractivity contribution in [3.8, 4) is 28.3 Å². The summed E-state index contributed by atoms with van der Waals surface area (Å²) in [6.45, 7) is 0. The fourth-order valence-corrected chi connectivity index (χ4v) is 21.3. The Morgan fingerprint density at radius 3 is 1.30 bits per heavy atom. The molecule has 0 unspecified atom stereocenters. The first kappa shape index (κ1) is 44.1. The van der Waals surface area contributed by atoms with Gasteiger partial charge < -0.3 is 9.30 Å². The molecule has 13 rings (SSSR count). The molecular weight excluding hydrogens is 954 g/mol. The molecule has 348 valence electrons. The van der Waals surface area contributed by atoms with Crippen molar-refractivity contribution >= 4 is 91.5 Å². The maximum absolute atomic E-state index is 14.6. The number of hydrogen-bond donors (Lipinski definition) is 0. The van der Waals surface area contributed by atoms with Gasteiger partial charge in [-0.15, -0.1) is 0 Å². The first-order valence-corrected chi connectivity index (χ1v) is 28.9. The predicted molar refractivity (Wildman–Crippen MR) is 305 cm³/mol. The summed E-state index contributed by atoms with van der Waals surface area (Å²) in [7, 11) is 1.70. The van der Waals surface area contributed by atoms with E-state index in [1.165, 1.54) is 23.0 Å². The second-order valence-corrected chi connectivity index (χ2v) is 26.6. The molecule has 6 heteroatoms. The summed E-state index contributed by atoms with van der Waals surface area (Å²) in [6, 6.07) is 97.4. The van der Waals surface area contributed by atoms with Crippen LogP contribution in [0.15, 0.2) is 273 Å². The quantitative estimate of drug-likeness (QED) is 0.121. The van der Waals surface area contributed by atoms with Gasteiger partial charge in [-0.25, -0.2) is 4.39 Å². The third-order valence-electron chi connectivity index (χ3n) is 14.6. The van der Waals surface area contributed by atoms with Gasteiger partial charge in [0.15, 0.2) is 0 Å². The van der Waals surface area contributed by atoms with E-state index in [1.807, 2.05) is 24.3 Å². The van der Waals surface area contributed by atoms with Crippen LogP contribution in [0.5, 0.6) is 5.75 Å². The molecule has 13 aromatic rings. The zero-order valence-electron chi connectivity index (χ0n) is 40.1. The van der Waals surface area contributed by atoms with E-state index in [4.69, 9.17) is 4.74 Å². The number of aromatic nitrogens is 2. The fourth-order valence-electron chi connectivity index (χ4n) is 11.3. The standard InChI is InChI=1S/C67H48FGeN3O/c1-73-59-39-35-55(36-40-59)70(57-37-42-66-62(45-57)60-24-14-15-25-64(60)71(66)54-22-12-5-13-23-54)58-38-43-67-63(46-58)61-44-48(28-41-65(61)72(67)56-33-29-49(68)30-34-56)47-26-31-53(32-27-47)69(50-16-6-2-7-17-50,51-18-8-3-9-19-51)52-20-10-4-11-21-52/h2-46H,1H3. The van der Waals surface area contributed by atoms with Gasteiger partial charge in [-0.05, 0) is 60.7 Å². The van der Waals surface area contributed by atoms with E-state index in [2.05, 4.69) is 251 Å². The number of hydrogen-bond acceptors (Lipinski definition) is 2. The van der Waals surface area contributed by atoms with E-state index >= 15 is 0 Å². The van der Waals surface area contributed by atoms with Crippen LogP contribution < -0.4 is 27.2 Å². The number of fused-ring (bicyclic) bond motifs is 6. The molecule has 0 radical (unpaired) electrons. The molecule has 0 atom stereocenters. The van der Waals surface area contributed by atoms with Crippen LogP contribution in [-0.2, 0) is 0 Å². The molecule has 0 aliphatic heterocycles. The first-order chi connectivity index (χ1) is 36.1. The van der Waals surface area contributed by atoms with Crippen LogP contribution in [0.4, 0.5) is 21.5 Å². The third-order valence-corrected chi connectivity index (χ3v) is 24.7. The summed E-state index contributed by atoms with van der Waals surface area (Å²) in [6.07, 6.45) is 0. The van der Waals surface area contributed by atoms with Gasteiger partial charge in [0.25, 0.3) is 0 Å². The summed E-state index contributed by atoms with van der Waals surface area (Å²) in [5, 5.41) is 4.54. The Morgan fingerprint density at radius 2 is 0.753 bits per heavy atom. The molecule has 0 N–H and O–H groups in total. The molecule has 0 aliphatic carbocycles. The third kappa shape index (κ3) is 7.51. The van der Waals surface area contributed by atoms with Crippen LogP contribution in [0.1, 0.15) is 0 Å². The number of methoxy groups -OCH3 is 1. The van der Waals surface area contributed by atoms with E-state index in [9.17, 15) is 4.39 Å².